The van der Waals surface area contributed by atoms with Crippen molar-refractivity contribution in [2.75, 3.05) is 26.7 Å². The highest BCUT2D eigenvalue weighted by molar-refractivity contribution is 5.80. The number of rotatable bonds is 4. The number of nitrogens with one attached hydrogen (secondary N) is 1. The van der Waals surface area contributed by atoms with Gasteiger partial charge in [0.15, 0.2) is 5.96 Å². The van der Waals surface area contributed by atoms with Crippen molar-refractivity contribution in [1.29, 1.82) is 0 Å². The van der Waals surface area contributed by atoms with Crippen molar-refractivity contribution >= 4 is 5.96 Å². The normalized spacial score (nSPS) is 18.2. The van der Waals surface area contributed by atoms with Crippen LogP contribution in [-0.4, -0.2) is 42.7 Å². The van der Waals surface area contributed by atoms with Crippen LogP contribution in [0.4, 0.5) is 0 Å². The smallest absolute Gasteiger partial charge is 0.193 e. The van der Waals surface area contributed by atoms with Crippen LogP contribution in [0.25, 0.3) is 0 Å². The Morgan fingerprint density at radius 3 is 2.79 bits per heavy atom. The Balaban J connectivity index is 1.54. The minimum absolute atomic E-state index is 0.590. The Hall–Kier alpha value is -2.30. The van der Waals surface area contributed by atoms with E-state index in [0.29, 0.717) is 5.92 Å². The molecule has 24 heavy (non-hydrogen) atoms. The summed E-state index contributed by atoms with van der Waals surface area (Å²) >= 11 is 0. The molecule has 0 saturated carbocycles. The lowest BCUT2D eigenvalue weighted by atomic mass is 9.99. The Morgan fingerprint density at radius 2 is 2.12 bits per heavy atom. The first-order chi connectivity index (χ1) is 11.7. The molecule has 0 aliphatic carbocycles. The Morgan fingerprint density at radius 1 is 1.33 bits per heavy atom. The first kappa shape index (κ1) is 16.6. The fourth-order valence-electron chi connectivity index (χ4n) is 3.44. The van der Waals surface area contributed by atoms with E-state index in [1.807, 2.05) is 20.9 Å². The predicted molar refractivity (Wildman–Crippen MR) is 96.4 cm³/mol. The molecule has 1 aromatic heterocycles. The van der Waals surface area contributed by atoms with E-state index in [1.165, 1.54) is 17.5 Å². The number of guanidine groups is 1. The number of benzene rings is 1. The van der Waals surface area contributed by atoms with Crippen LogP contribution >= 0.6 is 0 Å². The summed E-state index contributed by atoms with van der Waals surface area (Å²) in [5.41, 5.74) is 3.60. The van der Waals surface area contributed by atoms with Crippen molar-refractivity contribution in [1.82, 2.24) is 15.4 Å². The van der Waals surface area contributed by atoms with E-state index < -0.39 is 0 Å². The lowest BCUT2D eigenvalue weighted by Gasteiger charge is -2.21. The van der Waals surface area contributed by atoms with Gasteiger partial charge in [0, 0.05) is 38.2 Å². The third kappa shape index (κ3) is 3.61. The second-order valence-electron chi connectivity index (χ2n) is 6.37. The van der Waals surface area contributed by atoms with Gasteiger partial charge < -0.3 is 14.7 Å². The van der Waals surface area contributed by atoms with Gasteiger partial charge in [0.1, 0.15) is 5.76 Å². The topological polar surface area (TPSA) is 53.7 Å². The van der Waals surface area contributed by atoms with Gasteiger partial charge in [0.2, 0.25) is 0 Å². The molecule has 1 aliphatic heterocycles. The van der Waals surface area contributed by atoms with E-state index in [2.05, 4.69) is 50.7 Å². The Labute approximate surface area is 143 Å². The Kier molecular flexibility index (Phi) is 5.18. The standard InChI is InChI=1S/C19H26N4O/c1-14-18(15(2)24-22-14)9-11-21-19(20-3)23-12-10-17(13-23)16-7-5-4-6-8-16/h4-8,17H,9-13H2,1-3H3,(H,20,21). The SMILES string of the molecule is CN=C(NCCc1c(C)noc1C)N1CCC(c2ccccc2)C1. The van der Waals surface area contributed by atoms with Gasteiger partial charge in [-0.05, 0) is 32.3 Å². The number of hydrogen-bond acceptors (Lipinski definition) is 3. The molecule has 1 aromatic carbocycles. The largest absolute Gasteiger partial charge is 0.361 e. The van der Waals surface area contributed by atoms with E-state index >= 15 is 0 Å². The average Bonchev–Trinajstić information content (AvgIpc) is 3.21. The maximum Gasteiger partial charge on any atom is 0.193 e. The van der Waals surface area contributed by atoms with Crippen LogP contribution in [-0.2, 0) is 6.42 Å². The predicted octanol–water partition coefficient (Wildman–Crippen LogP) is 2.90. The molecule has 0 bridgehead atoms. The molecule has 1 atom stereocenters. The number of hydrogen-bond donors (Lipinski definition) is 1. The van der Waals surface area contributed by atoms with Crippen molar-refractivity contribution in [2.24, 2.45) is 4.99 Å². The summed E-state index contributed by atoms with van der Waals surface area (Å²) in [4.78, 5) is 6.81. The summed E-state index contributed by atoms with van der Waals surface area (Å²) in [6, 6.07) is 10.8. The molecule has 2 heterocycles. The summed E-state index contributed by atoms with van der Waals surface area (Å²) in [7, 11) is 1.86. The van der Waals surface area contributed by atoms with Gasteiger partial charge in [-0.25, -0.2) is 0 Å². The number of nitrogens with zero attached hydrogens (tertiary/aromatic N) is 3. The van der Waals surface area contributed by atoms with E-state index in [9.17, 15) is 0 Å². The molecule has 0 amide bonds. The van der Waals surface area contributed by atoms with Crippen molar-refractivity contribution in [3.63, 3.8) is 0 Å². The van der Waals surface area contributed by atoms with E-state index in [4.69, 9.17) is 4.52 Å². The zero-order valence-electron chi connectivity index (χ0n) is 14.7. The summed E-state index contributed by atoms with van der Waals surface area (Å²) < 4.78 is 5.22. The third-order valence-corrected chi connectivity index (χ3v) is 4.81. The number of aliphatic imine (C=N–C) groups is 1. The van der Waals surface area contributed by atoms with Crippen molar-refractivity contribution < 1.29 is 4.52 Å². The average molecular weight is 326 g/mol. The zero-order chi connectivity index (χ0) is 16.9. The van der Waals surface area contributed by atoms with Crippen molar-refractivity contribution in [3.8, 4) is 0 Å². The Bertz CT molecular complexity index is 673. The molecule has 1 aliphatic rings. The van der Waals surface area contributed by atoms with E-state index in [-0.39, 0.29) is 0 Å². The number of aryl methyl sites for hydroxylation is 2. The fraction of sp³-hybridized carbons (Fsp3) is 0.474. The summed E-state index contributed by atoms with van der Waals surface area (Å²) in [5.74, 6) is 2.49. The van der Waals surface area contributed by atoms with Gasteiger partial charge in [0.25, 0.3) is 0 Å². The monoisotopic (exact) mass is 326 g/mol. The lowest BCUT2D eigenvalue weighted by molar-refractivity contribution is 0.392. The van der Waals surface area contributed by atoms with Crippen LogP contribution in [0.15, 0.2) is 39.8 Å². The number of likely N-dealkylation sites (tertiary alicyclic amines) is 1. The molecule has 3 rings (SSSR count). The first-order valence-corrected chi connectivity index (χ1v) is 8.61. The molecule has 1 unspecified atom stereocenters. The van der Waals surface area contributed by atoms with Gasteiger partial charge in [-0.1, -0.05) is 35.5 Å². The van der Waals surface area contributed by atoms with E-state index in [0.717, 1.165) is 43.5 Å². The van der Waals surface area contributed by atoms with E-state index in [1.54, 1.807) is 0 Å². The van der Waals surface area contributed by atoms with Crippen LogP contribution in [0.3, 0.4) is 0 Å². The highest BCUT2D eigenvalue weighted by Crippen LogP contribution is 2.26. The maximum absolute atomic E-state index is 5.22. The number of aromatic nitrogens is 1. The summed E-state index contributed by atoms with van der Waals surface area (Å²) in [6.45, 7) is 6.86. The van der Waals surface area contributed by atoms with Gasteiger partial charge in [-0.15, -0.1) is 0 Å². The second kappa shape index (κ2) is 7.51. The minimum atomic E-state index is 0.590. The molecule has 5 heteroatoms. The molecule has 128 valence electrons. The lowest BCUT2D eigenvalue weighted by Crippen LogP contribution is -2.40. The molecule has 1 N–H and O–H groups in total. The molecule has 0 spiro atoms. The highest BCUT2D eigenvalue weighted by atomic mass is 16.5. The zero-order valence-corrected chi connectivity index (χ0v) is 14.7. The quantitative estimate of drug-likeness (QED) is 0.693. The second-order valence-corrected chi connectivity index (χ2v) is 6.37. The molecule has 1 fully saturated rings. The molecule has 5 nitrogen and oxygen atoms in total. The molecular weight excluding hydrogens is 300 g/mol. The highest BCUT2D eigenvalue weighted by Gasteiger charge is 2.25. The van der Waals surface area contributed by atoms with Crippen LogP contribution in [0.2, 0.25) is 0 Å². The molecule has 0 radical (unpaired) electrons. The van der Waals surface area contributed by atoms with Crippen LogP contribution in [0, 0.1) is 13.8 Å². The summed E-state index contributed by atoms with van der Waals surface area (Å²) in [5, 5.41) is 7.49. The molecule has 2 aromatic rings. The van der Waals surface area contributed by atoms with Gasteiger partial charge >= 0.3 is 0 Å². The first-order valence-electron chi connectivity index (χ1n) is 8.61. The fourth-order valence-corrected chi connectivity index (χ4v) is 3.44. The summed E-state index contributed by atoms with van der Waals surface area (Å²) in [6.07, 6.45) is 2.07. The maximum atomic E-state index is 5.22. The van der Waals surface area contributed by atoms with Crippen LogP contribution in [0.1, 0.15) is 34.9 Å². The molecule has 1 saturated heterocycles. The molecular formula is C19H26N4O. The van der Waals surface area contributed by atoms with Crippen LogP contribution in [0.5, 0.6) is 0 Å². The van der Waals surface area contributed by atoms with Crippen molar-refractivity contribution in [3.05, 3.63) is 52.9 Å². The van der Waals surface area contributed by atoms with Crippen LogP contribution < -0.4 is 5.32 Å². The third-order valence-electron chi connectivity index (χ3n) is 4.81. The van der Waals surface area contributed by atoms with Gasteiger partial charge in [0.05, 0.1) is 5.69 Å². The minimum Gasteiger partial charge on any atom is -0.361 e. The van der Waals surface area contributed by atoms with Gasteiger partial charge in [-0.2, -0.15) is 0 Å². The van der Waals surface area contributed by atoms with Crippen molar-refractivity contribution in [2.45, 2.75) is 32.6 Å². The van der Waals surface area contributed by atoms with Gasteiger partial charge in [-0.3, -0.25) is 4.99 Å².